The monoisotopic (exact) mass is 579 g/mol. The van der Waals surface area contributed by atoms with Crippen LogP contribution >= 0.6 is 11.3 Å². The van der Waals surface area contributed by atoms with Crippen LogP contribution in [0.4, 0.5) is 0 Å². The molecule has 0 spiro atoms. The average Bonchev–Trinajstić information content (AvgIpc) is 3.64. The SMILES string of the molecule is CC(C)(C)OC(C(=O)OCC(C)(C)OC(Cc1ccccc1)(C(=O)O)c1nnn[nH]1)c1csc(-c2ccccc2)n1. The summed E-state index contributed by atoms with van der Waals surface area (Å²) in [6.07, 6.45) is -1.18. The topological polar surface area (TPSA) is 149 Å². The number of hydrogen-bond acceptors (Lipinski definition) is 10. The minimum Gasteiger partial charge on any atom is -0.479 e. The lowest BCUT2D eigenvalue weighted by molar-refractivity contribution is -0.207. The fraction of sp³-hybridized carbons (Fsp3) is 0.379. The molecule has 2 atom stereocenters. The Morgan fingerprint density at radius 2 is 1.66 bits per heavy atom. The van der Waals surface area contributed by atoms with Gasteiger partial charge in [-0.15, -0.1) is 16.4 Å². The molecule has 0 saturated heterocycles. The molecule has 2 heterocycles. The molecule has 0 radical (unpaired) electrons. The fourth-order valence-corrected chi connectivity index (χ4v) is 4.97. The van der Waals surface area contributed by atoms with Crippen LogP contribution in [-0.2, 0) is 35.8 Å². The number of tetrazole rings is 1. The summed E-state index contributed by atoms with van der Waals surface area (Å²) in [7, 11) is 0. The molecule has 4 rings (SSSR count). The lowest BCUT2D eigenvalue weighted by atomic mass is 9.92. The van der Waals surface area contributed by atoms with Crippen molar-refractivity contribution >= 4 is 23.3 Å². The number of aliphatic carboxylic acids is 1. The van der Waals surface area contributed by atoms with Gasteiger partial charge in [0.2, 0.25) is 5.60 Å². The summed E-state index contributed by atoms with van der Waals surface area (Å²) >= 11 is 1.40. The molecule has 0 amide bonds. The number of benzene rings is 2. The summed E-state index contributed by atoms with van der Waals surface area (Å²) in [5.41, 5.74) is -1.91. The van der Waals surface area contributed by atoms with Crippen LogP contribution in [0, 0.1) is 0 Å². The Morgan fingerprint density at radius 3 is 2.24 bits per heavy atom. The maximum absolute atomic E-state index is 13.4. The van der Waals surface area contributed by atoms with E-state index in [9.17, 15) is 14.7 Å². The predicted octanol–water partition coefficient (Wildman–Crippen LogP) is 4.74. The molecular formula is C29H33N5O6S. The molecular weight excluding hydrogens is 546 g/mol. The van der Waals surface area contributed by atoms with E-state index in [4.69, 9.17) is 14.2 Å². The summed E-state index contributed by atoms with van der Waals surface area (Å²) < 4.78 is 18.0. The summed E-state index contributed by atoms with van der Waals surface area (Å²) in [6.45, 7) is 8.48. The molecule has 0 bridgehead atoms. The van der Waals surface area contributed by atoms with Crippen LogP contribution in [0.15, 0.2) is 66.0 Å². The third-order valence-corrected chi connectivity index (χ3v) is 6.79. The molecule has 0 aliphatic carbocycles. The van der Waals surface area contributed by atoms with Crippen molar-refractivity contribution in [3.05, 3.63) is 83.1 Å². The van der Waals surface area contributed by atoms with Crippen LogP contribution in [0.3, 0.4) is 0 Å². The number of carboxylic acids is 1. The van der Waals surface area contributed by atoms with Crippen LogP contribution in [0.1, 0.15) is 57.8 Å². The third kappa shape index (κ3) is 7.60. The van der Waals surface area contributed by atoms with Crippen LogP contribution in [0.25, 0.3) is 10.6 Å². The lowest BCUT2D eigenvalue weighted by Gasteiger charge is -2.36. The molecule has 2 aromatic heterocycles. The molecule has 41 heavy (non-hydrogen) atoms. The normalized spacial score (nSPS) is 14.3. The van der Waals surface area contributed by atoms with Gasteiger partial charge < -0.3 is 19.3 Å². The van der Waals surface area contributed by atoms with Crippen molar-refractivity contribution in [3.8, 4) is 10.6 Å². The molecule has 216 valence electrons. The fourth-order valence-electron chi connectivity index (χ4n) is 4.13. The second kappa shape index (κ2) is 12.2. The first-order valence-electron chi connectivity index (χ1n) is 13.0. The van der Waals surface area contributed by atoms with Gasteiger partial charge in [-0.2, -0.15) is 0 Å². The largest absolute Gasteiger partial charge is 0.479 e. The van der Waals surface area contributed by atoms with Gasteiger partial charge in [0.05, 0.1) is 16.9 Å². The Balaban J connectivity index is 1.55. The van der Waals surface area contributed by atoms with Crippen LogP contribution in [0.5, 0.6) is 0 Å². The van der Waals surface area contributed by atoms with Gasteiger partial charge in [0.1, 0.15) is 11.6 Å². The van der Waals surface area contributed by atoms with Crippen molar-refractivity contribution in [1.29, 1.82) is 0 Å². The van der Waals surface area contributed by atoms with Crippen LogP contribution in [0.2, 0.25) is 0 Å². The van der Waals surface area contributed by atoms with Crippen molar-refractivity contribution in [1.82, 2.24) is 25.6 Å². The van der Waals surface area contributed by atoms with E-state index in [1.165, 1.54) is 11.3 Å². The van der Waals surface area contributed by atoms with Crippen molar-refractivity contribution < 1.29 is 28.9 Å². The standard InChI is InChI=1S/C29H33N5O6S/c1-27(2,3)39-22(21-17-41-23(30-21)20-14-10-7-11-15-20)24(35)38-18-28(4,5)40-29(26(36)37,25-31-33-34-32-25)16-19-12-8-6-9-13-19/h6-15,17,22H,16,18H2,1-5H3,(H,36,37)(H,31,32,33,34). The summed E-state index contributed by atoms with van der Waals surface area (Å²) in [5.74, 6) is -2.06. The van der Waals surface area contributed by atoms with Gasteiger partial charge >= 0.3 is 11.9 Å². The maximum Gasteiger partial charge on any atom is 0.344 e. The van der Waals surface area contributed by atoms with Gasteiger partial charge in [-0.25, -0.2) is 19.7 Å². The molecule has 0 fully saturated rings. The van der Waals surface area contributed by atoms with E-state index in [0.29, 0.717) is 11.3 Å². The number of carbonyl (C=O) groups excluding carboxylic acids is 1. The predicted molar refractivity (Wildman–Crippen MR) is 151 cm³/mol. The lowest BCUT2D eigenvalue weighted by Crippen LogP contribution is -2.49. The highest BCUT2D eigenvalue weighted by atomic mass is 32.1. The van der Waals surface area contributed by atoms with Crippen molar-refractivity contribution in [3.63, 3.8) is 0 Å². The number of aromatic nitrogens is 5. The molecule has 2 aromatic carbocycles. The highest BCUT2D eigenvalue weighted by molar-refractivity contribution is 7.13. The van der Waals surface area contributed by atoms with Gasteiger partial charge in [0.15, 0.2) is 11.9 Å². The first-order chi connectivity index (χ1) is 19.4. The second-order valence-electron chi connectivity index (χ2n) is 11.1. The van der Waals surface area contributed by atoms with Gasteiger partial charge in [-0.1, -0.05) is 60.7 Å². The van der Waals surface area contributed by atoms with Gasteiger partial charge in [0.25, 0.3) is 0 Å². The Kier molecular flexibility index (Phi) is 8.95. The summed E-state index contributed by atoms with van der Waals surface area (Å²) in [4.78, 5) is 30.8. The molecule has 0 aliphatic heterocycles. The zero-order valence-electron chi connectivity index (χ0n) is 23.5. The highest BCUT2D eigenvalue weighted by Crippen LogP contribution is 2.34. The van der Waals surface area contributed by atoms with E-state index in [1.54, 1.807) is 43.5 Å². The Labute approximate surface area is 241 Å². The number of thiazole rings is 1. The number of esters is 1. The number of nitrogens with one attached hydrogen (secondary N) is 1. The minimum atomic E-state index is -1.98. The minimum absolute atomic E-state index is 0.0751. The van der Waals surface area contributed by atoms with E-state index in [1.807, 2.05) is 57.2 Å². The molecule has 4 aromatic rings. The highest BCUT2D eigenvalue weighted by Gasteiger charge is 2.49. The number of nitrogens with zero attached hydrogens (tertiary/aromatic N) is 4. The van der Waals surface area contributed by atoms with E-state index < -0.39 is 34.8 Å². The van der Waals surface area contributed by atoms with Gasteiger partial charge in [0, 0.05) is 17.4 Å². The molecule has 2 N–H and O–H groups in total. The Morgan fingerprint density at radius 1 is 1.00 bits per heavy atom. The quantitative estimate of drug-likeness (QED) is 0.225. The van der Waals surface area contributed by atoms with E-state index in [0.717, 1.165) is 10.6 Å². The van der Waals surface area contributed by atoms with Crippen molar-refractivity contribution in [2.45, 2.75) is 63.9 Å². The number of rotatable bonds is 12. The zero-order chi connectivity index (χ0) is 29.7. The number of H-pyrrole nitrogens is 1. The van der Waals surface area contributed by atoms with Gasteiger partial charge in [-0.05, 0) is 50.6 Å². The first-order valence-corrected chi connectivity index (χ1v) is 13.8. The zero-order valence-corrected chi connectivity index (χ0v) is 24.3. The van der Waals surface area contributed by atoms with Crippen molar-refractivity contribution in [2.24, 2.45) is 0 Å². The van der Waals surface area contributed by atoms with E-state index >= 15 is 0 Å². The number of hydrogen-bond donors (Lipinski definition) is 2. The molecule has 0 saturated carbocycles. The summed E-state index contributed by atoms with van der Waals surface area (Å²) in [5, 5.41) is 26.4. The van der Waals surface area contributed by atoms with E-state index in [-0.39, 0.29) is 18.9 Å². The van der Waals surface area contributed by atoms with Crippen LogP contribution < -0.4 is 0 Å². The molecule has 0 aliphatic rings. The number of ether oxygens (including phenoxy) is 3. The van der Waals surface area contributed by atoms with Gasteiger partial charge in [-0.3, -0.25) is 0 Å². The average molecular weight is 580 g/mol. The Bertz CT molecular complexity index is 1440. The third-order valence-electron chi connectivity index (χ3n) is 5.88. The summed E-state index contributed by atoms with van der Waals surface area (Å²) in [6, 6.07) is 18.6. The molecule has 2 unspecified atom stereocenters. The Hall–Kier alpha value is -4.00. The maximum atomic E-state index is 13.4. The molecule has 11 nitrogen and oxygen atoms in total. The van der Waals surface area contributed by atoms with E-state index in [2.05, 4.69) is 25.6 Å². The first kappa shape index (κ1) is 30.0. The number of aromatic amines is 1. The number of carbonyl (C=O) groups is 2. The number of carboxylic acid groups (broad SMARTS) is 1. The van der Waals surface area contributed by atoms with Crippen molar-refractivity contribution in [2.75, 3.05) is 6.61 Å². The molecule has 12 heteroatoms. The second-order valence-corrected chi connectivity index (χ2v) is 11.9. The van der Waals surface area contributed by atoms with Crippen LogP contribution in [-0.4, -0.2) is 60.5 Å². The smallest absolute Gasteiger partial charge is 0.344 e.